The molecular weight excluding hydrogens is 390 g/mol. The van der Waals surface area contributed by atoms with Gasteiger partial charge in [-0.2, -0.15) is 0 Å². The van der Waals surface area contributed by atoms with Gasteiger partial charge in [-0.05, 0) is 59.4 Å². The summed E-state index contributed by atoms with van der Waals surface area (Å²) >= 11 is 0. The first kappa shape index (κ1) is 22.0. The van der Waals surface area contributed by atoms with Gasteiger partial charge in [0.25, 0.3) is 0 Å². The Morgan fingerprint density at radius 2 is 1.65 bits per heavy atom. The van der Waals surface area contributed by atoms with E-state index in [1.54, 1.807) is 12.1 Å². The van der Waals surface area contributed by atoms with Crippen molar-refractivity contribution < 1.29 is 19.7 Å². The van der Waals surface area contributed by atoms with Crippen molar-refractivity contribution >= 4 is 17.7 Å². The van der Waals surface area contributed by atoms with Gasteiger partial charge in [0.15, 0.2) is 0 Å². The number of allylic oxidation sites excluding steroid dienone is 1. The van der Waals surface area contributed by atoms with Crippen molar-refractivity contribution in [1.82, 2.24) is 4.90 Å². The minimum atomic E-state index is -0.968. The molecule has 0 atom stereocenters. The minimum Gasteiger partial charge on any atom is -0.508 e. The molecule has 0 radical (unpaired) electrons. The van der Waals surface area contributed by atoms with E-state index in [1.807, 2.05) is 54.6 Å². The van der Waals surface area contributed by atoms with Crippen LogP contribution in [-0.2, 0) is 6.42 Å². The average Bonchev–Trinajstić information content (AvgIpc) is 2.79. The van der Waals surface area contributed by atoms with Crippen molar-refractivity contribution in [2.75, 3.05) is 20.2 Å². The summed E-state index contributed by atoms with van der Waals surface area (Å²) in [5.41, 5.74) is 4.65. The molecule has 0 saturated carbocycles. The lowest BCUT2D eigenvalue weighted by molar-refractivity contribution is 0.147. The Morgan fingerprint density at radius 1 is 0.968 bits per heavy atom. The number of carboxylic acid groups (broad SMARTS) is 1. The quantitative estimate of drug-likeness (QED) is 0.448. The first-order chi connectivity index (χ1) is 15.0. The molecule has 5 heteroatoms. The molecular formula is C26H27NO4. The molecule has 160 valence electrons. The summed E-state index contributed by atoms with van der Waals surface area (Å²) in [7, 11) is 1.52. The fourth-order valence-electron chi connectivity index (χ4n) is 3.15. The Balaban J connectivity index is 1.69. The van der Waals surface area contributed by atoms with Crippen LogP contribution < -0.4 is 4.74 Å². The zero-order chi connectivity index (χ0) is 22.1. The monoisotopic (exact) mass is 417 g/mol. The van der Waals surface area contributed by atoms with Crippen LogP contribution in [0.5, 0.6) is 11.5 Å². The zero-order valence-corrected chi connectivity index (χ0v) is 17.6. The van der Waals surface area contributed by atoms with Crippen LogP contribution >= 0.6 is 0 Å². The number of ether oxygens (including phenoxy) is 1. The van der Waals surface area contributed by atoms with E-state index in [-0.39, 0.29) is 5.75 Å². The molecule has 0 heterocycles. The maximum atomic E-state index is 10.8. The number of aromatic hydroxyl groups is 1. The van der Waals surface area contributed by atoms with Crippen LogP contribution in [0, 0.1) is 0 Å². The van der Waals surface area contributed by atoms with Crippen molar-refractivity contribution in [2.45, 2.75) is 12.8 Å². The number of nitrogens with zero attached hydrogens (tertiary/aromatic N) is 1. The highest BCUT2D eigenvalue weighted by atomic mass is 16.5. The standard InChI is InChI=1S/C26H27NO4/c1-27(26(29)30)17-18-31-25-15-10-21(11-16-25)19-23(22-5-3-2-4-6-22)12-7-20-8-13-24(28)14-9-20/h2-6,8-11,13-16,19,28H,7,12,17-18H2,1H3,(H,29,30). The van der Waals surface area contributed by atoms with Crippen LogP contribution in [0.1, 0.15) is 23.1 Å². The molecule has 0 saturated heterocycles. The Kier molecular flexibility index (Phi) is 7.71. The van der Waals surface area contributed by atoms with Gasteiger partial charge in [-0.15, -0.1) is 0 Å². The van der Waals surface area contributed by atoms with Gasteiger partial charge in [-0.25, -0.2) is 4.79 Å². The maximum absolute atomic E-state index is 10.8. The second kappa shape index (κ2) is 10.9. The molecule has 1 amide bonds. The predicted octanol–water partition coefficient (Wildman–Crippen LogP) is 5.55. The molecule has 0 aromatic heterocycles. The van der Waals surface area contributed by atoms with Crippen LogP contribution in [0.2, 0.25) is 0 Å². The number of benzene rings is 3. The molecule has 0 bridgehead atoms. The van der Waals surface area contributed by atoms with E-state index in [0.29, 0.717) is 18.9 Å². The van der Waals surface area contributed by atoms with Gasteiger partial charge in [0.1, 0.15) is 18.1 Å². The molecule has 0 fully saturated rings. The lowest BCUT2D eigenvalue weighted by Gasteiger charge is -2.13. The summed E-state index contributed by atoms with van der Waals surface area (Å²) in [6, 6.07) is 25.4. The smallest absolute Gasteiger partial charge is 0.407 e. The summed E-state index contributed by atoms with van der Waals surface area (Å²) < 4.78 is 5.64. The summed E-state index contributed by atoms with van der Waals surface area (Å²) in [6.07, 6.45) is 2.95. The van der Waals surface area contributed by atoms with E-state index in [2.05, 4.69) is 18.2 Å². The van der Waals surface area contributed by atoms with Crippen molar-refractivity contribution in [1.29, 1.82) is 0 Å². The third-order valence-electron chi connectivity index (χ3n) is 5.01. The Bertz CT molecular complexity index is 996. The second-order valence-corrected chi connectivity index (χ2v) is 7.32. The molecule has 0 aliphatic carbocycles. The summed E-state index contributed by atoms with van der Waals surface area (Å²) in [5.74, 6) is 0.987. The summed E-state index contributed by atoms with van der Waals surface area (Å²) in [6.45, 7) is 0.617. The normalized spacial score (nSPS) is 11.2. The number of phenols is 1. The maximum Gasteiger partial charge on any atom is 0.407 e. The van der Waals surface area contributed by atoms with Crippen molar-refractivity contribution in [3.05, 3.63) is 95.6 Å². The third kappa shape index (κ3) is 6.93. The lowest BCUT2D eigenvalue weighted by atomic mass is 9.96. The highest BCUT2D eigenvalue weighted by Crippen LogP contribution is 2.25. The Morgan fingerprint density at radius 3 is 2.29 bits per heavy atom. The van der Waals surface area contributed by atoms with Crippen molar-refractivity contribution in [3.8, 4) is 11.5 Å². The van der Waals surface area contributed by atoms with Crippen molar-refractivity contribution in [2.24, 2.45) is 0 Å². The van der Waals surface area contributed by atoms with E-state index in [9.17, 15) is 9.90 Å². The fraction of sp³-hybridized carbons (Fsp3) is 0.192. The van der Waals surface area contributed by atoms with Crippen LogP contribution in [0.3, 0.4) is 0 Å². The van der Waals surface area contributed by atoms with Crippen LogP contribution in [0.15, 0.2) is 78.9 Å². The molecule has 0 spiro atoms. The number of aryl methyl sites for hydroxylation is 1. The topological polar surface area (TPSA) is 70.0 Å². The largest absolute Gasteiger partial charge is 0.508 e. The highest BCUT2D eigenvalue weighted by Gasteiger charge is 2.06. The zero-order valence-electron chi connectivity index (χ0n) is 17.6. The molecule has 0 aliphatic heterocycles. The van der Waals surface area contributed by atoms with Gasteiger partial charge in [0.2, 0.25) is 0 Å². The average molecular weight is 418 g/mol. The number of phenolic OH excluding ortho intramolecular Hbond substituents is 1. The lowest BCUT2D eigenvalue weighted by Crippen LogP contribution is -2.29. The van der Waals surface area contributed by atoms with Crippen molar-refractivity contribution in [3.63, 3.8) is 0 Å². The summed E-state index contributed by atoms with van der Waals surface area (Å²) in [4.78, 5) is 12.0. The fourth-order valence-corrected chi connectivity index (χ4v) is 3.15. The molecule has 3 rings (SSSR count). The second-order valence-electron chi connectivity index (χ2n) is 7.32. The van der Waals surface area contributed by atoms with Gasteiger partial charge >= 0.3 is 6.09 Å². The van der Waals surface area contributed by atoms with E-state index in [4.69, 9.17) is 9.84 Å². The number of likely N-dealkylation sites (N-methyl/N-ethyl adjacent to an activating group) is 1. The van der Waals surface area contributed by atoms with Crippen LogP contribution in [0.4, 0.5) is 4.79 Å². The minimum absolute atomic E-state index is 0.277. The van der Waals surface area contributed by atoms with Gasteiger partial charge in [0.05, 0.1) is 6.54 Å². The highest BCUT2D eigenvalue weighted by molar-refractivity contribution is 5.81. The molecule has 3 aromatic carbocycles. The van der Waals surface area contributed by atoms with E-state index < -0.39 is 6.09 Å². The van der Waals surface area contributed by atoms with E-state index in [0.717, 1.165) is 18.4 Å². The number of hydrogen-bond acceptors (Lipinski definition) is 3. The molecule has 0 unspecified atom stereocenters. The molecule has 31 heavy (non-hydrogen) atoms. The van der Waals surface area contributed by atoms with Gasteiger partial charge < -0.3 is 19.8 Å². The van der Waals surface area contributed by atoms with E-state index >= 15 is 0 Å². The van der Waals surface area contributed by atoms with Crippen LogP contribution in [-0.4, -0.2) is 41.4 Å². The number of rotatable bonds is 9. The first-order valence-corrected chi connectivity index (χ1v) is 10.2. The number of carbonyl (C=O) groups is 1. The molecule has 5 nitrogen and oxygen atoms in total. The first-order valence-electron chi connectivity index (χ1n) is 10.2. The SMILES string of the molecule is CN(CCOc1ccc(C=C(CCc2ccc(O)cc2)c2ccccc2)cc1)C(=O)O. The van der Waals surface area contributed by atoms with Gasteiger partial charge in [0, 0.05) is 7.05 Å². The Hall–Kier alpha value is -3.73. The molecule has 2 N–H and O–H groups in total. The molecule has 3 aromatic rings. The Labute approximate surface area is 182 Å². The van der Waals surface area contributed by atoms with E-state index in [1.165, 1.54) is 28.6 Å². The third-order valence-corrected chi connectivity index (χ3v) is 5.01. The summed E-state index contributed by atoms with van der Waals surface area (Å²) in [5, 5.41) is 18.4. The van der Waals surface area contributed by atoms with Gasteiger partial charge in [-0.1, -0.05) is 60.7 Å². The molecule has 0 aliphatic rings. The predicted molar refractivity (Wildman–Crippen MR) is 123 cm³/mol. The number of hydrogen-bond donors (Lipinski definition) is 2. The van der Waals surface area contributed by atoms with Crippen LogP contribution in [0.25, 0.3) is 11.6 Å². The van der Waals surface area contributed by atoms with Gasteiger partial charge in [-0.3, -0.25) is 0 Å². The number of amides is 1.